The van der Waals surface area contributed by atoms with Gasteiger partial charge in [-0.25, -0.2) is 9.89 Å². The zero-order valence-electron chi connectivity index (χ0n) is 17.1. The van der Waals surface area contributed by atoms with E-state index in [0.29, 0.717) is 10.8 Å². The van der Waals surface area contributed by atoms with Gasteiger partial charge in [0.1, 0.15) is 17.5 Å². The van der Waals surface area contributed by atoms with Gasteiger partial charge in [0.05, 0.1) is 11.4 Å². The van der Waals surface area contributed by atoms with Crippen LogP contribution in [0.1, 0.15) is 22.3 Å². The van der Waals surface area contributed by atoms with Crippen LogP contribution in [0.4, 0.5) is 0 Å². The summed E-state index contributed by atoms with van der Waals surface area (Å²) in [5, 5.41) is 14.9. The molecule has 4 rings (SSSR count). The van der Waals surface area contributed by atoms with Gasteiger partial charge in [-0.1, -0.05) is 23.7 Å². The van der Waals surface area contributed by atoms with E-state index in [-0.39, 0.29) is 6.61 Å². The molecule has 0 fully saturated rings. The maximum absolute atomic E-state index is 12.0. The monoisotopic (exact) mass is 424 g/mol. The van der Waals surface area contributed by atoms with Crippen LogP contribution in [-0.4, -0.2) is 30.0 Å². The minimum atomic E-state index is -0.397. The third-order valence-electron chi connectivity index (χ3n) is 5.11. The number of nitrogens with one attached hydrogen (secondary N) is 1. The number of aromatic nitrogens is 6. The van der Waals surface area contributed by atoms with Crippen LogP contribution < -0.4 is 10.4 Å². The fraction of sp³-hybridized carbons (Fsp3) is 0.238. The van der Waals surface area contributed by atoms with E-state index in [2.05, 4.69) is 20.6 Å². The lowest BCUT2D eigenvalue weighted by atomic mass is 10.1. The molecular weight excluding hydrogens is 404 g/mol. The molecule has 9 heteroatoms. The van der Waals surface area contributed by atoms with E-state index >= 15 is 0 Å². The Balaban J connectivity index is 1.62. The Bertz CT molecular complexity index is 1290. The number of aryl methyl sites for hydroxylation is 3. The zero-order chi connectivity index (χ0) is 21.4. The molecule has 30 heavy (non-hydrogen) atoms. The van der Waals surface area contributed by atoms with Crippen LogP contribution in [0.25, 0.3) is 16.9 Å². The number of halogens is 1. The SMILES string of the molecule is Cc1cc(-c2nn(C)c(Cl)c2C)ccc1OCc1c(C)cccc1-n1nn[nH]c1=O. The summed E-state index contributed by atoms with van der Waals surface area (Å²) in [6.07, 6.45) is 0. The molecule has 0 aliphatic rings. The summed E-state index contributed by atoms with van der Waals surface area (Å²) in [4.78, 5) is 12.0. The molecule has 0 bridgehead atoms. The van der Waals surface area contributed by atoms with E-state index in [1.54, 1.807) is 4.68 Å². The highest BCUT2D eigenvalue weighted by atomic mass is 35.5. The van der Waals surface area contributed by atoms with Crippen LogP contribution in [0.3, 0.4) is 0 Å². The van der Waals surface area contributed by atoms with E-state index in [1.807, 2.05) is 64.2 Å². The summed E-state index contributed by atoms with van der Waals surface area (Å²) < 4.78 is 9.00. The molecule has 4 aromatic rings. The van der Waals surface area contributed by atoms with Gasteiger partial charge in [-0.05, 0) is 66.6 Å². The number of nitrogens with zero attached hydrogens (tertiary/aromatic N) is 5. The highest BCUT2D eigenvalue weighted by Crippen LogP contribution is 2.31. The molecule has 0 aliphatic heterocycles. The van der Waals surface area contributed by atoms with Crippen LogP contribution in [0.5, 0.6) is 5.75 Å². The van der Waals surface area contributed by atoms with Crippen LogP contribution in [0.15, 0.2) is 41.2 Å². The van der Waals surface area contributed by atoms with Gasteiger partial charge in [0.15, 0.2) is 0 Å². The average molecular weight is 425 g/mol. The van der Waals surface area contributed by atoms with Crippen LogP contribution in [-0.2, 0) is 13.7 Å². The van der Waals surface area contributed by atoms with Crippen molar-refractivity contribution in [3.05, 3.63) is 74.3 Å². The molecule has 0 unspecified atom stereocenters. The minimum Gasteiger partial charge on any atom is -0.489 e. The third kappa shape index (κ3) is 3.50. The lowest BCUT2D eigenvalue weighted by molar-refractivity contribution is 0.302. The van der Waals surface area contributed by atoms with Gasteiger partial charge in [-0.15, -0.1) is 0 Å². The van der Waals surface area contributed by atoms with Gasteiger partial charge in [0.2, 0.25) is 0 Å². The summed E-state index contributed by atoms with van der Waals surface area (Å²) in [5.41, 5.74) is 5.85. The number of hydrogen-bond donors (Lipinski definition) is 1. The van der Waals surface area contributed by atoms with Crippen molar-refractivity contribution in [3.8, 4) is 22.7 Å². The molecule has 8 nitrogen and oxygen atoms in total. The summed E-state index contributed by atoms with van der Waals surface area (Å²) in [6, 6.07) is 11.6. The molecule has 154 valence electrons. The number of benzene rings is 2. The fourth-order valence-electron chi connectivity index (χ4n) is 3.42. The maximum Gasteiger partial charge on any atom is 0.365 e. The standard InChI is InChI=1S/C21H21ClN6O2/c1-12-6-5-7-17(28-21(29)23-25-26-28)16(12)11-30-18-9-8-15(10-13(18)2)19-14(3)20(22)27(4)24-19/h5-10H,11H2,1-4H3,(H,23,26,29). The van der Waals surface area contributed by atoms with Gasteiger partial charge in [-0.3, -0.25) is 4.68 Å². The van der Waals surface area contributed by atoms with Crippen LogP contribution in [0, 0.1) is 20.8 Å². The number of ether oxygens (including phenoxy) is 1. The normalized spacial score (nSPS) is 11.1. The first kappa shape index (κ1) is 19.9. The number of tetrazole rings is 1. The summed E-state index contributed by atoms with van der Waals surface area (Å²) in [7, 11) is 1.82. The molecule has 0 saturated heterocycles. The smallest absolute Gasteiger partial charge is 0.365 e. The first-order valence-electron chi connectivity index (χ1n) is 9.39. The number of aromatic amines is 1. The highest BCUT2D eigenvalue weighted by molar-refractivity contribution is 6.30. The Morgan fingerprint density at radius 3 is 2.57 bits per heavy atom. The Morgan fingerprint density at radius 1 is 1.13 bits per heavy atom. The van der Waals surface area contributed by atoms with Crippen molar-refractivity contribution in [2.45, 2.75) is 27.4 Å². The van der Waals surface area contributed by atoms with E-state index in [4.69, 9.17) is 16.3 Å². The van der Waals surface area contributed by atoms with Crippen LogP contribution >= 0.6 is 11.6 Å². The second-order valence-corrected chi connectivity index (χ2v) is 7.51. The Morgan fingerprint density at radius 2 is 1.93 bits per heavy atom. The van der Waals surface area contributed by atoms with Gasteiger partial charge in [0.25, 0.3) is 0 Å². The molecule has 2 aromatic carbocycles. The molecule has 1 N–H and O–H groups in total. The number of hydrogen-bond acceptors (Lipinski definition) is 5. The fourth-order valence-corrected chi connectivity index (χ4v) is 3.55. The van der Waals surface area contributed by atoms with Crippen molar-refractivity contribution >= 4 is 11.6 Å². The zero-order valence-corrected chi connectivity index (χ0v) is 17.9. The highest BCUT2D eigenvalue weighted by Gasteiger charge is 2.15. The first-order chi connectivity index (χ1) is 14.4. The Kier molecular flexibility index (Phi) is 5.17. The minimum absolute atomic E-state index is 0.288. The van der Waals surface area contributed by atoms with E-state index in [1.165, 1.54) is 4.68 Å². The molecule has 0 saturated carbocycles. The van der Waals surface area contributed by atoms with Crippen LogP contribution in [0.2, 0.25) is 5.15 Å². The predicted molar refractivity (Wildman–Crippen MR) is 114 cm³/mol. The molecule has 0 aliphatic carbocycles. The molecule has 0 spiro atoms. The molecule has 0 atom stereocenters. The summed E-state index contributed by atoms with van der Waals surface area (Å²) >= 11 is 6.26. The summed E-state index contributed by atoms with van der Waals surface area (Å²) in [6.45, 7) is 6.20. The van der Waals surface area contributed by atoms with Gasteiger partial charge in [0, 0.05) is 23.7 Å². The second-order valence-electron chi connectivity index (χ2n) is 7.15. The van der Waals surface area contributed by atoms with Crippen molar-refractivity contribution < 1.29 is 4.74 Å². The molecule has 2 aromatic heterocycles. The number of H-pyrrole nitrogens is 1. The molecule has 2 heterocycles. The van der Waals surface area contributed by atoms with E-state index < -0.39 is 5.69 Å². The second kappa shape index (κ2) is 7.79. The van der Waals surface area contributed by atoms with E-state index in [0.717, 1.165) is 39.3 Å². The Hall–Kier alpha value is -3.39. The van der Waals surface area contributed by atoms with Gasteiger partial charge >= 0.3 is 5.69 Å². The number of rotatable bonds is 5. The van der Waals surface area contributed by atoms with E-state index in [9.17, 15) is 4.79 Å². The largest absolute Gasteiger partial charge is 0.489 e. The van der Waals surface area contributed by atoms with Gasteiger partial charge in [-0.2, -0.15) is 9.78 Å². The van der Waals surface area contributed by atoms with Gasteiger partial charge < -0.3 is 4.74 Å². The lowest BCUT2D eigenvalue weighted by Crippen LogP contribution is -2.18. The first-order valence-corrected chi connectivity index (χ1v) is 9.76. The average Bonchev–Trinajstić information content (AvgIpc) is 3.26. The quantitative estimate of drug-likeness (QED) is 0.529. The van der Waals surface area contributed by atoms with Crippen molar-refractivity contribution in [3.63, 3.8) is 0 Å². The third-order valence-corrected chi connectivity index (χ3v) is 5.63. The van der Waals surface area contributed by atoms with Crippen molar-refractivity contribution in [2.24, 2.45) is 7.05 Å². The molecule has 0 radical (unpaired) electrons. The molecular formula is C21H21ClN6O2. The Labute approximate surface area is 178 Å². The summed E-state index contributed by atoms with van der Waals surface area (Å²) in [5.74, 6) is 0.750. The van der Waals surface area contributed by atoms with Crippen molar-refractivity contribution in [1.29, 1.82) is 0 Å². The van der Waals surface area contributed by atoms with Crippen molar-refractivity contribution in [1.82, 2.24) is 30.0 Å². The molecule has 0 amide bonds. The topological polar surface area (TPSA) is 90.6 Å². The predicted octanol–water partition coefficient (Wildman–Crippen LogP) is 3.51. The lowest BCUT2D eigenvalue weighted by Gasteiger charge is -2.14. The maximum atomic E-state index is 12.0. The van der Waals surface area contributed by atoms with Crippen molar-refractivity contribution in [2.75, 3.05) is 0 Å².